The highest BCUT2D eigenvalue weighted by Gasteiger charge is 2.32. The van der Waals surface area contributed by atoms with Gasteiger partial charge in [0.15, 0.2) is 0 Å². The highest BCUT2D eigenvalue weighted by molar-refractivity contribution is 9.10. The first-order valence-electron chi connectivity index (χ1n) is 6.84. The number of halogens is 1. The minimum Gasteiger partial charge on any atom is -0.496 e. The van der Waals surface area contributed by atoms with Gasteiger partial charge in [-0.05, 0) is 34.1 Å². The summed E-state index contributed by atoms with van der Waals surface area (Å²) >= 11 is 3.37. The fourth-order valence-corrected chi connectivity index (χ4v) is 2.98. The summed E-state index contributed by atoms with van der Waals surface area (Å²) in [4.78, 5) is 14.0. The van der Waals surface area contributed by atoms with Gasteiger partial charge in [0.05, 0.1) is 17.2 Å². The molecule has 0 aromatic heterocycles. The van der Waals surface area contributed by atoms with Gasteiger partial charge in [-0.25, -0.2) is 0 Å². The van der Waals surface area contributed by atoms with Gasteiger partial charge < -0.3 is 19.5 Å². The van der Waals surface area contributed by atoms with E-state index in [1.807, 2.05) is 0 Å². The third-order valence-corrected chi connectivity index (χ3v) is 4.32. The molecule has 1 aliphatic rings. The third kappa shape index (κ3) is 3.96. The monoisotopic (exact) mass is 357 g/mol. The molecule has 1 amide bonds. The summed E-state index contributed by atoms with van der Waals surface area (Å²) in [5, 5.41) is 10.5. The number of amides is 1. The number of hydrogen-bond acceptors (Lipinski definition) is 4. The SMILES string of the molecule is COc1ccc(C(=O)N(C)CC2(O)CCOCC2)cc1Br. The molecule has 1 heterocycles. The molecule has 1 fully saturated rings. The topological polar surface area (TPSA) is 59.0 Å². The zero-order chi connectivity index (χ0) is 15.5. The smallest absolute Gasteiger partial charge is 0.253 e. The Hall–Kier alpha value is -1.11. The number of carbonyl (C=O) groups is 1. The van der Waals surface area contributed by atoms with E-state index in [2.05, 4.69) is 15.9 Å². The van der Waals surface area contributed by atoms with E-state index in [-0.39, 0.29) is 5.91 Å². The van der Waals surface area contributed by atoms with Gasteiger partial charge in [-0.15, -0.1) is 0 Å². The van der Waals surface area contributed by atoms with Crippen LogP contribution in [0.25, 0.3) is 0 Å². The van der Waals surface area contributed by atoms with Crippen LogP contribution in [-0.4, -0.2) is 55.4 Å². The molecule has 0 radical (unpaired) electrons. The van der Waals surface area contributed by atoms with Gasteiger partial charge in [0, 0.05) is 45.2 Å². The minimum absolute atomic E-state index is 0.127. The van der Waals surface area contributed by atoms with Crippen LogP contribution in [-0.2, 0) is 4.74 Å². The Balaban J connectivity index is 2.06. The molecule has 0 bridgehead atoms. The van der Waals surface area contributed by atoms with Gasteiger partial charge in [0.25, 0.3) is 5.91 Å². The number of aliphatic hydroxyl groups is 1. The van der Waals surface area contributed by atoms with Crippen molar-refractivity contribution in [2.45, 2.75) is 18.4 Å². The van der Waals surface area contributed by atoms with Crippen LogP contribution in [0, 0.1) is 0 Å². The van der Waals surface area contributed by atoms with Crippen LogP contribution in [0.5, 0.6) is 5.75 Å². The van der Waals surface area contributed by atoms with Crippen molar-refractivity contribution in [1.82, 2.24) is 4.90 Å². The molecule has 0 spiro atoms. The molecule has 1 saturated heterocycles. The second kappa shape index (κ2) is 6.77. The molecular formula is C15H20BrNO4. The predicted octanol–water partition coefficient (Wildman–Crippen LogP) is 2.07. The van der Waals surface area contributed by atoms with Gasteiger partial charge in [-0.3, -0.25) is 4.79 Å². The molecule has 2 rings (SSSR count). The summed E-state index contributed by atoms with van der Waals surface area (Å²) < 4.78 is 11.1. The van der Waals surface area contributed by atoms with E-state index in [1.165, 1.54) is 0 Å². The fourth-order valence-electron chi connectivity index (χ4n) is 2.44. The molecule has 21 heavy (non-hydrogen) atoms. The molecule has 0 atom stereocenters. The summed E-state index contributed by atoms with van der Waals surface area (Å²) in [6.45, 7) is 1.37. The predicted molar refractivity (Wildman–Crippen MR) is 82.7 cm³/mol. The lowest BCUT2D eigenvalue weighted by molar-refractivity contribution is -0.0734. The van der Waals surface area contributed by atoms with E-state index in [0.717, 1.165) is 4.47 Å². The Labute approximate surface area is 133 Å². The average Bonchev–Trinajstić information content (AvgIpc) is 2.46. The van der Waals surface area contributed by atoms with Gasteiger partial charge in [0.2, 0.25) is 0 Å². The van der Waals surface area contributed by atoms with Crippen molar-refractivity contribution in [2.75, 3.05) is 33.9 Å². The second-order valence-electron chi connectivity index (χ2n) is 5.35. The number of hydrogen-bond donors (Lipinski definition) is 1. The summed E-state index contributed by atoms with van der Waals surface area (Å²) in [7, 11) is 3.28. The first-order chi connectivity index (χ1) is 9.95. The number of likely N-dealkylation sites (N-methyl/N-ethyl adjacent to an activating group) is 1. The van der Waals surface area contributed by atoms with E-state index in [9.17, 15) is 9.90 Å². The summed E-state index contributed by atoms with van der Waals surface area (Å²) in [5.74, 6) is 0.551. The van der Waals surface area contributed by atoms with E-state index in [0.29, 0.717) is 43.9 Å². The van der Waals surface area contributed by atoms with Crippen molar-refractivity contribution < 1.29 is 19.4 Å². The summed E-state index contributed by atoms with van der Waals surface area (Å²) in [6.07, 6.45) is 1.11. The van der Waals surface area contributed by atoms with Crippen molar-refractivity contribution in [1.29, 1.82) is 0 Å². The number of carbonyl (C=O) groups excluding carboxylic acids is 1. The highest BCUT2D eigenvalue weighted by Crippen LogP contribution is 2.27. The van der Waals surface area contributed by atoms with Crippen LogP contribution in [0.2, 0.25) is 0 Å². The van der Waals surface area contributed by atoms with Crippen LogP contribution in [0.3, 0.4) is 0 Å². The normalized spacial score (nSPS) is 17.3. The highest BCUT2D eigenvalue weighted by atomic mass is 79.9. The molecular weight excluding hydrogens is 338 g/mol. The number of ether oxygens (including phenoxy) is 2. The Kier molecular flexibility index (Phi) is 5.24. The van der Waals surface area contributed by atoms with Crippen molar-refractivity contribution >= 4 is 21.8 Å². The second-order valence-corrected chi connectivity index (χ2v) is 6.20. The van der Waals surface area contributed by atoms with Gasteiger partial charge in [0.1, 0.15) is 5.75 Å². The molecule has 1 aromatic rings. The van der Waals surface area contributed by atoms with Gasteiger partial charge in [-0.1, -0.05) is 0 Å². The third-order valence-electron chi connectivity index (χ3n) is 3.70. The zero-order valence-corrected chi connectivity index (χ0v) is 13.9. The molecule has 116 valence electrons. The standard InChI is InChI=1S/C15H20BrNO4/c1-17(10-15(19)5-7-21-8-6-15)14(18)11-3-4-13(20-2)12(16)9-11/h3-4,9,19H,5-8,10H2,1-2H3. The Bertz CT molecular complexity index is 514. The Morgan fingerprint density at radius 2 is 2.14 bits per heavy atom. The first-order valence-corrected chi connectivity index (χ1v) is 7.64. The number of benzene rings is 1. The van der Waals surface area contributed by atoms with E-state index >= 15 is 0 Å². The van der Waals surface area contributed by atoms with Crippen molar-refractivity contribution in [3.05, 3.63) is 28.2 Å². The van der Waals surface area contributed by atoms with E-state index in [1.54, 1.807) is 37.3 Å². The van der Waals surface area contributed by atoms with Crippen molar-refractivity contribution in [3.8, 4) is 5.75 Å². The number of methoxy groups -OCH3 is 1. The quantitative estimate of drug-likeness (QED) is 0.895. The summed E-state index contributed by atoms with van der Waals surface area (Å²) in [5.41, 5.74) is -0.298. The van der Waals surface area contributed by atoms with Gasteiger partial charge in [-0.2, -0.15) is 0 Å². The lowest BCUT2D eigenvalue weighted by atomic mass is 9.93. The van der Waals surface area contributed by atoms with E-state index < -0.39 is 5.60 Å². The maximum atomic E-state index is 12.4. The van der Waals surface area contributed by atoms with Crippen molar-refractivity contribution in [3.63, 3.8) is 0 Å². The molecule has 0 saturated carbocycles. The lowest BCUT2D eigenvalue weighted by Crippen LogP contribution is -2.47. The minimum atomic E-state index is -0.855. The fraction of sp³-hybridized carbons (Fsp3) is 0.533. The molecule has 0 aliphatic carbocycles. The summed E-state index contributed by atoms with van der Waals surface area (Å²) in [6, 6.07) is 5.19. The largest absolute Gasteiger partial charge is 0.496 e. The maximum absolute atomic E-state index is 12.4. The Morgan fingerprint density at radius 3 is 2.71 bits per heavy atom. The molecule has 1 aromatic carbocycles. The van der Waals surface area contributed by atoms with Crippen LogP contribution in [0.15, 0.2) is 22.7 Å². The first kappa shape index (κ1) is 16.3. The zero-order valence-electron chi connectivity index (χ0n) is 12.3. The van der Waals surface area contributed by atoms with Gasteiger partial charge >= 0.3 is 0 Å². The Morgan fingerprint density at radius 1 is 1.48 bits per heavy atom. The van der Waals surface area contributed by atoms with Crippen LogP contribution in [0.4, 0.5) is 0 Å². The van der Waals surface area contributed by atoms with E-state index in [4.69, 9.17) is 9.47 Å². The number of rotatable bonds is 4. The van der Waals surface area contributed by atoms with Crippen LogP contribution in [0.1, 0.15) is 23.2 Å². The average molecular weight is 358 g/mol. The van der Waals surface area contributed by atoms with Crippen molar-refractivity contribution in [2.24, 2.45) is 0 Å². The van der Waals surface area contributed by atoms with Crippen LogP contribution < -0.4 is 4.74 Å². The molecule has 5 nitrogen and oxygen atoms in total. The molecule has 0 unspecified atom stereocenters. The molecule has 1 N–H and O–H groups in total. The maximum Gasteiger partial charge on any atom is 0.253 e. The van der Waals surface area contributed by atoms with Crippen LogP contribution >= 0.6 is 15.9 Å². The molecule has 1 aliphatic heterocycles. The number of nitrogens with zero attached hydrogens (tertiary/aromatic N) is 1. The molecule has 6 heteroatoms. The lowest BCUT2D eigenvalue weighted by Gasteiger charge is -2.35.